The van der Waals surface area contributed by atoms with Crippen LogP contribution >= 0.6 is 0 Å². The van der Waals surface area contributed by atoms with Gasteiger partial charge in [0.05, 0.1) is 7.11 Å². The van der Waals surface area contributed by atoms with Gasteiger partial charge in [0.2, 0.25) is 5.91 Å². The zero-order valence-electron chi connectivity index (χ0n) is 17.9. The number of piperazine rings is 2. The van der Waals surface area contributed by atoms with E-state index in [1.54, 1.807) is 7.11 Å². The van der Waals surface area contributed by atoms with Crippen LogP contribution in [0.15, 0.2) is 54.6 Å². The number of nitrogens with zero attached hydrogens (tertiary/aromatic N) is 4. The second-order valence-corrected chi connectivity index (χ2v) is 7.98. The third-order valence-corrected chi connectivity index (χ3v) is 6.19. The Morgan fingerprint density at radius 1 is 0.800 bits per heavy atom. The van der Waals surface area contributed by atoms with E-state index in [9.17, 15) is 4.79 Å². The number of anilines is 2. The number of hydrogen-bond acceptors (Lipinski definition) is 5. The van der Waals surface area contributed by atoms with E-state index in [4.69, 9.17) is 4.74 Å². The average molecular weight is 409 g/mol. The SMILES string of the molecule is COc1cccc(N2CCN(C(=O)CCN3CCN(c4ccccc4)CC3)CC2)c1. The van der Waals surface area contributed by atoms with Crippen molar-refractivity contribution in [1.82, 2.24) is 9.80 Å². The van der Waals surface area contributed by atoms with Gasteiger partial charge in [-0.1, -0.05) is 24.3 Å². The van der Waals surface area contributed by atoms with Gasteiger partial charge < -0.3 is 19.4 Å². The molecule has 30 heavy (non-hydrogen) atoms. The van der Waals surface area contributed by atoms with Crippen LogP contribution in [-0.2, 0) is 4.79 Å². The highest BCUT2D eigenvalue weighted by Gasteiger charge is 2.23. The standard InChI is InChI=1S/C24H32N4O2/c1-30-23-9-5-8-22(20-23)27-16-18-28(19-17-27)24(29)10-11-25-12-14-26(15-13-25)21-6-3-2-4-7-21/h2-9,20H,10-19H2,1H3. The number of carbonyl (C=O) groups is 1. The van der Waals surface area contributed by atoms with E-state index >= 15 is 0 Å². The van der Waals surface area contributed by atoms with E-state index in [1.165, 1.54) is 5.69 Å². The molecule has 2 heterocycles. The van der Waals surface area contributed by atoms with Crippen LogP contribution < -0.4 is 14.5 Å². The van der Waals surface area contributed by atoms with E-state index in [0.717, 1.165) is 70.3 Å². The Morgan fingerprint density at radius 2 is 1.43 bits per heavy atom. The highest BCUT2D eigenvalue weighted by molar-refractivity contribution is 5.76. The van der Waals surface area contributed by atoms with Crippen molar-refractivity contribution in [3.05, 3.63) is 54.6 Å². The summed E-state index contributed by atoms with van der Waals surface area (Å²) in [4.78, 5) is 21.9. The lowest BCUT2D eigenvalue weighted by Gasteiger charge is -2.38. The largest absolute Gasteiger partial charge is 0.497 e. The molecule has 0 aliphatic carbocycles. The summed E-state index contributed by atoms with van der Waals surface area (Å²) in [6, 6.07) is 18.7. The Morgan fingerprint density at radius 3 is 2.13 bits per heavy atom. The number of methoxy groups -OCH3 is 1. The summed E-state index contributed by atoms with van der Waals surface area (Å²) < 4.78 is 5.33. The zero-order valence-corrected chi connectivity index (χ0v) is 17.9. The Balaban J connectivity index is 1.18. The van der Waals surface area contributed by atoms with Crippen molar-refractivity contribution in [1.29, 1.82) is 0 Å². The third-order valence-electron chi connectivity index (χ3n) is 6.19. The summed E-state index contributed by atoms with van der Waals surface area (Å²) in [5, 5.41) is 0. The monoisotopic (exact) mass is 408 g/mol. The molecule has 2 aliphatic rings. The highest BCUT2D eigenvalue weighted by atomic mass is 16.5. The van der Waals surface area contributed by atoms with Gasteiger partial charge in [0, 0.05) is 82.8 Å². The number of benzene rings is 2. The van der Waals surface area contributed by atoms with E-state index in [2.05, 4.69) is 57.2 Å². The molecule has 2 fully saturated rings. The Labute approximate surface area is 179 Å². The van der Waals surface area contributed by atoms with Crippen LogP contribution in [0.2, 0.25) is 0 Å². The number of rotatable bonds is 6. The van der Waals surface area contributed by atoms with Crippen LogP contribution in [-0.4, -0.2) is 81.7 Å². The lowest BCUT2D eigenvalue weighted by molar-refractivity contribution is -0.131. The van der Waals surface area contributed by atoms with E-state index in [0.29, 0.717) is 6.42 Å². The summed E-state index contributed by atoms with van der Waals surface area (Å²) in [6.07, 6.45) is 0.616. The molecule has 0 unspecified atom stereocenters. The van der Waals surface area contributed by atoms with Gasteiger partial charge >= 0.3 is 0 Å². The molecule has 0 bridgehead atoms. The van der Waals surface area contributed by atoms with Gasteiger partial charge in [-0.15, -0.1) is 0 Å². The molecule has 0 N–H and O–H groups in total. The van der Waals surface area contributed by atoms with Gasteiger partial charge in [-0.2, -0.15) is 0 Å². The molecule has 6 nitrogen and oxygen atoms in total. The predicted molar refractivity (Wildman–Crippen MR) is 121 cm³/mol. The van der Waals surface area contributed by atoms with Crippen molar-refractivity contribution in [3.63, 3.8) is 0 Å². The number of amides is 1. The molecule has 1 amide bonds. The maximum atomic E-state index is 12.7. The minimum atomic E-state index is 0.283. The summed E-state index contributed by atoms with van der Waals surface area (Å²) >= 11 is 0. The molecule has 0 aromatic heterocycles. The van der Waals surface area contributed by atoms with Crippen molar-refractivity contribution >= 4 is 17.3 Å². The summed E-state index contributed by atoms with van der Waals surface area (Å²) in [7, 11) is 1.69. The fraction of sp³-hybridized carbons (Fsp3) is 0.458. The maximum absolute atomic E-state index is 12.7. The minimum absolute atomic E-state index is 0.283. The van der Waals surface area contributed by atoms with Gasteiger partial charge in [0.15, 0.2) is 0 Å². The molecule has 0 saturated carbocycles. The van der Waals surface area contributed by atoms with Crippen LogP contribution in [0, 0.1) is 0 Å². The van der Waals surface area contributed by atoms with Crippen LogP contribution in [0.4, 0.5) is 11.4 Å². The number of hydrogen-bond donors (Lipinski definition) is 0. The quantitative estimate of drug-likeness (QED) is 0.735. The van der Waals surface area contributed by atoms with E-state index in [-0.39, 0.29) is 5.91 Å². The molecule has 0 spiro atoms. The van der Waals surface area contributed by atoms with Gasteiger partial charge in [0.25, 0.3) is 0 Å². The lowest BCUT2D eigenvalue weighted by Crippen LogP contribution is -2.50. The molecule has 6 heteroatoms. The topological polar surface area (TPSA) is 39.3 Å². The Bertz CT molecular complexity index is 813. The zero-order chi connectivity index (χ0) is 20.8. The molecule has 2 aromatic carbocycles. The van der Waals surface area contributed by atoms with Crippen LogP contribution in [0.1, 0.15) is 6.42 Å². The lowest BCUT2D eigenvalue weighted by atomic mass is 10.2. The first kappa shape index (κ1) is 20.5. The van der Waals surface area contributed by atoms with Gasteiger partial charge in [-0.05, 0) is 24.3 Å². The molecular weight excluding hydrogens is 376 g/mol. The summed E-state index contributed by atoms with van der Waals surface area (Å²) in [5.74, 6) is 1.16. The normalized spacial score (nSPS) is 17.8. The fourth-order valence-electron chi connectivity index (χ4n) is 4.30. The van der Waals surface area contributed by atoms with Gasteiger partial charge in [-0.3, -0.25) is 9.69 Å². The van der Waals surface area contributed by atoms with Crippen molar-refractivity contribution in [2.75, 3.05) is 75.8 Å². The Hall–Kier alpha value is -2.73. The fourth-order valence-corrected chi connectivity index (χ4v) is 4.30. The summed E-state index contributed by atoms with van der Waals surface area (Å²) in [6.45, 7) is 8.27. The van der Waals surface area contributed by atoms with Crippen molar-refractivity contribution < 1.29 is 9.53 Å². The second-order valence-electron chi connectivity index (χ2n) is 7.98. The maximum Gasteiger partial charge on any atom is 0.223 e. The van der Waals surface area contributed by atoms with Crippen molar-refractivity contribution in [2.45, 2.75) is 6.42 Å². The van der Waals surface area contributed by atoms with Crippen molar-refractivity contribution in [3.8, 4) is 5.75 Å². The minimum Gasteiger partial charge on any atom is -0.497 e. The van der Waals surface area contributed by atoms with Crippen LogP contribution in [0.3, 0.4) is 0 Å². The summed E-state index contributed by atoms with van der Waals surface area (Å²) in [5.41, 5.74) is 2.46. The van der Waals surface area contributed by atoms with Crippen LogP contribution in [0.25, 0.3) is 0 Å². The first-order valence-corrected chi connectivity index (χ1v) is 10.9. The molecule has 2 saturated heterocycles. The highest BCUT2D eigenvalue weighted by Crippen LogP contribution is 2.22. The first-order valence-electron chi connectivity index (χ1n) is 10.9. The van der Waals surface area contributed by atoms with E-state index in [1.807, 2.05) is 17.0 Å². The third kappa shape index (κ3) is 5.05. The molecule has 0 atom stereocenters. The molecular formula is C24H32N4O2. The van der Waals surface area contributed by atoms with E-state index < -0.39 is 0 Å². The number of ether oxygens (including phenoxy) is 1. The molecule has 0 radical (unpaired) electrons. The van der Waals surface area contributed by atoms with Gasteiger partial charge in [0.1, 0.15) is 5.75 Å². The number of para-hydroxylation sites is 1. The second kappa shape index (κ2) is 9.85. The smallest absolute Gasteiger partial charge is 0.223 e. The van der Waals surface area contributed by atoms with Crippen LogP contribution in [0.5, 0.6) is 5.75 Å². The molecule has 2 aliphatic heterocycles. The van der Waals surface area contributed by atoms with Crippen molar-refractivity contribution in [2.24, 2.45) is 0 Å². The molecule has 160 valence electrons. The van der Waals surface area contributed by atoms with Gasteiger partial charge in [-0.25, -0.2) is 0 Å². The molecule has 2 aromatic rings. The predicted octanol–water partition coefficient (Wildman–Crippen LogP) is 2.56. The molecule has 4 rings (SSSR count). The first-order chi connectivity index (χ1) is 14.7. The number of carbonyl (C=O) groups excluding carboxylic acids is 1. The average Bonchev–Trinajstić information content (AvgIpc) is 2.83. The Kier molecular flexibility index (Phi) is 6.74.